The third-order valence-electron chi connectivity index (χ3n) is 3.72. The first-order valence-corrected chi connectivity index (χ1v) is 7.12. The molecule has 1 rings (SSSR count). The van der Waals surface area contributed by atoms with Crippen LogP contribution in [0.3, 0.4) is 0 Å². The first-order valence-electron chi connectivity index (χ1n) is 7.12. The Bertz CT molecular complexity index is 172. The normalized spacial score (nSPS) is 27.9. The SMILES string of the molecule is CCCNC(CC)COC1CCCCC1C. The lowest BCUT2D eigenvalue weighted by Crippen LogP contribution is -2.36. The van der Waals surface area contributed by atoms with Crippen molar-refractivity contribution in [2.45, 2.75) is 71.4 Å². The summed E-state index contributed by atoms with van der Waals surface area (Å²) in [4.78, 5) is 0. The molecule has 1 N–H and O–H groups in total. The fourth-order valence-electron chi connectivity index (χ4n) is 2.44. The first-order chi connectivity index (χ1) is 7.77. The van der Waals surface area contributed by atoms with Gasteiger partial charge in [0.1, 0.15) is 0 Å². The largest absolute Gasteiger partial charge is 0.376 e. The van der Waals surface area contributed by atoms with E-state index >= 15 is 0 Å². The molecule has 0 aromatic heterocycles. The molecule has 0 amide bonds. The molecule has 0 radical (unpaired) electrons. The van der Waals surface area contributed by atoms with Crippen molar-refractivity contribution in [2.75, 3.05) is 13.2 Å². The molecule has 1 aliphatic carbocycles. The van der Waals surface area contributed by atoms with Crippen LogP contribution >= 0.6 is 0 Å². The summed E-state index contributed by atoms with van der Waals surface area (Å²) in [5.74, 6) is 0.762. The van der Waals surface area contributed by atoms with Crippen molar-refractivity contribution in [2.24, 2.45) is 5.92 Å². The van der Waals surface area contributed by atoms with Crippen LogP contribution in [0, 0.1) is 5.92 Å². The molecular weight excluding hydrogens is 198 g/mol. The molecule has 0 bridgehead atoms. The van der Waals surface area contributed by atoms with E-state index in [9.17, 15) is 0 Å². The van der Waals surface area contributed by atoms with E-state index in [-0.39, 0.29) is 0 Å². The molecule has 0 aromatic rings. The van der Waals surface area contributed by atoms with Gasteiger partial charge in [-0.1, -0.05) is 33.6 Å². The molecule has 96 valence electrons. The zero-order valence-electron chi connectivity index (χ0n) is 11.3. The number of rotatable bonds is 7. The summed E-state index contributed by atoms with van der Waals surface area (Å²) >= 11 is 0. The van der Waals surface area contributed by atoms with Crippen LogP contribution in [-0.2, 0) is 4.74 Å². The molecule has 0 heterocycles. The van der Waals surface area contributed by atoms with E-state index in [2.05, 4.69) is 26.1 Å². The quantitative estimate of drug-likeness (QED) is 0.720. The molecule has 2 nitrogen and oxygen atoms in total. The van der Waals surface area contributed by atoms with Crippen LogP contribution in [0.2, 0.25) is 0 Å². The minimum atomic E-state index is 0.520. The second-order valence-electron chi connectivity index (χ2n) is 5.19. The maximum Gasteiger partial charge on any atom is 0.0623 e. The molecule has 0 aromatic carbocycles. The second kappa shape index (κ2) is 8.08. The van der Waals surface area contributed by atoms with E-state index < -0.39 is 0 Å². The van der Waals surface area contributed by atoms with Gasteiger partial charge < -0.3 is 10.1 Å². The van der Waals surface area contributed by atoms with Gasteiger partial charge in [-0.25, -0.2) is 0 Å². The summed E-state index contributed by atoms with van der Waals surface area (Å²) in [5, 5.41) is 3.55. The van der Waals surface area contributed by atoms with Crippen molar-refractivity contribution in [3.8, 4) is 0 Å². The van der Waals surface area contributed by atoms with E-state index in [0.717, 1.165) is 19.1 Å². The van der Waals surface area contributed by atoms with Gasteiger partial charge in [0.15, 0.2) is 0 Å². The van der Waals surface area contributed by atoms with Crippen LogP contribution in [-0.4, -0.2) is 25.3 Å². The average molecular weight is 227 g/mol. The number of hydrogen-bond acceptors (Lipinski definition) is 2. The van der Waals surface area contributed by atoms with Crippen LogP contribution in [0.1, 0.15) is 59.3 Å². The maximum atomic E-state index is 6.08. The Morgan fingerprint density at radius 3 is 2.62 bits per heavy atom. The van der Waals surface area contributed by atoms with Crippen LogP contribution in [0.5, 0.6) is 0 Å². The summed E-state index contributed by atoms with van der Waals surface area (Å²) < 4.78 is 6.08. The third kappa shape index (κ3) is 4.84. The molecule has 3 unspecified atom stereocenters. The fourth-order valence-corrected chi connectivity index (χ4v) is 2.44. The smallest absolute Gasteiger partial charge is 0.0623 e. The van der Waals surface area contributed by atoms with Gasteiger partial charge in [0, 0.05) is 6.04 Å². The highest BCUT2D eigenvalue weighted by Crippen LogP contribution is 2.26. The highest BCUT2D eigenvalue weighted by atomic mass is 16.5. The lowest BCUT2D eigenvalue weighted by Gasteiger charge is -2.30. The average Bonchev–Trinajstić information content (AvgIpc) is 2.31. The van der Waals surface area contributed by atoms with Crippen LogP contribution in [0.4, 0.5) is 0 Å². The fraction of sp³-hybridized carbons (Fsp3) is 1.00. The van der Waals surface area contributed by atoms with Gasteiger partial charge in [0.05, 0.1) is 12.7 Å². The van der Waals surface area contributed by atoms with Gasteiger partial charge in [-0.15, -0.1) is 0 Å². The molecule has 16 heavy (non-hydrogen) atoms. The Labute approximate surface area is 101 Å². The lowest BCUT2D eigenvalue weighted by molar-refractivity contribution is -0.0152. The maximum absolute atomic E-state index is 6.08. The van der Waals surface area contributed by atoms with Crippen molar-refractivity contribution >= 4 is 0 Å². The van der Waals surface area contributed by atoms with E-state index in [0.29, 0.717) is 12.1 Å². The summed E-state index contributed by atoms with van der Waals surface area (Å²) in [6, 6.07) is 0.550. The molecule has 1 fully saturated rings. The predicted octanol–water partition coefficient (Wildman–Crippen LogP) is 3.36. The molecule has 3 atom stereocenters. The van der Waals surface area contributed by atoms with E-state index in [1.54, 1.807) is 0 Å². The summed E-state index contributed by atoms with van der Waals surface area (Å²) in [7, 11) is 0. The zero-order chi connectivity index (χ0) is 11.8. The van der Waals surface area contributed by atoms with Crippen molar-refractivity contribution in [1.29, 1.82) is 0 Å². The Kier molecular flexibility index (Phi) is 7.06. The van der Waals surface area contributed by atoms with Gasteiger partial charge in [-0.05, 0) is 38.1 Å². The lowest BCUT2D eigenvalue weighted by atomic mass is 9.88. The van der Waals surface area contributed by atoms with Gasteiger partial charge in [-0.3, -0.25) is 0 Å². The van der Waals surface area contributed by atoms with Gasteiger partial charge >= 0.3 is 0 Å². The minimum absolute atomic E-state index is 0.520. The summed E-state index contributed by atoms with van der Waals surface area (Å²) in [6.45, 7) is 8.79. The second-order valence-corrected chi connectivity index (χ2v) is 5.19. The monoisotopic (exact) mass is 227 g/mol. The van der Waals surface area contributed by atoms with Crippen LogP contribution in [0.15, 0.2) is 0 Å². The van der Waals surface area contributed by atoms with Crippen LogP contribution in [0.25, 0.3) is 0 Å². The summed E-state index contributed by atoms with van der Waals surface area (Å²) in [6.07, 6.45) is 8.26. The predicted molar refractivity (Wildman–Crippen MR) is 69.7 cm³/mol. The standard InChI is InChI=1S/C14H29NO/c1-4-10-15-13(5-2)11-16-14-9-7-6-8-12(14)3/h12-15H,4-11H2,1-3H3. The van der Waals surface area contributed by atoms with E-state index in [4.69, 9.17) is 4.74 Å². The molecule has 0 saturated heterocycles. The Hall–Kier alpha value is -0.0800. The topological polar surface area (TPSA) is 21.3 Å². The number of nitrogens with one attached hydrogen (secondary N) is 1. The zero-order valence-corrected chi connectivity index (χ0v) is 11.3. The van der Waals surface area contributed by atoms with Crippen molar-refractivity contribution in [3.63, 3.8) is 0 Å². The van der Waals surface area contributed by atoms with Gasteiger partial charge in [0.2, 0.25) is 0 Å². The van der Waals surface area contributed by atoms with E-state index in [1.165, 1.54) is 38.5 Å². The number of ether oxygens (including phenoxy) is 1. The molecular formula is C14H29NO. The highest BCUT2D eigenvalue weighted by molar-refractivity contribution is 4.74. The van der Waals surface area contributed by atoms with E-state index in [1.807, 2.05) is 0 Å². The Morgan fingerprint density at radius 2 is 2.00 bits per heavy atom. The molecule has 0 aliphatic heterocycles. The van der Waals surface area contributed by atoms with Gasteiger partial charge in [0.25, 0.3) is 0 Å². The summed E-state index contributed by atoms with van der Waals surface area (Å²) in [5.41, 5.74) is 0. The molecule has 1 saturated carbocycles. The molecule has 1 aliphatic rings. The first kappa shape index (κ1) is 14.0. The Balaban J connectivity index is 2.19. The highest BCUT2D eigenvalue weighted by Gasteiger charge is 2.22. The van der Waals surface area contributed by atoms with Crippen molar-refractivity contribution in [1.82, 2.24) is 5.32 Å². The number of hydrogen-bond donors (Lipinski definition) is 1. The van der Waals surface area contributed by atoms with Crippen molar-refractivity contribution in [3.05, 3.63) is 0 Å². The minimum Gasteiger partial charge on any atom is -0.376 e. The van der Waals surface area contributed by atoms with Crippen molar-refractivity contribution < 1.29 is 4.74 Å². The molecule has 0 spiro atoms. The van der Waals surface area contributed by atoms with Gasteiger partial charge in [-0.2, -0.15) is 0 Å². The molecule has 2 heteroatoms. The van der Waals surface area contributed by atoms with Crippen LogP contribution < -0.4 is 5.32 Å². The third-order valence-corrected chi connectivity index (χ3v) is 3.72. The Morgan fingerprint density at radius 1 is 1.25 bits per heavy atom.